The van der Waals surface area contributed by atoms with Crippen molar-refractivity contribution in [3.05, 3.63) is 168 Å². The van der Waals surface area contributed by atoms with Gasteiger partial charge in [0.1, 0.15) is 8.07 Å². The maximum atomic E-state index is 9.19. The van der Waals surface area contributed by atoms with Crippen LogP contribution in [-0.2, 0) is 0 Å². The van der Waals surface area contributed by atoms with Crippen LogP contribution < -0.4 is 0 Å². The van der Waals surface area contributed by atoms with Crippen LogP contribution in [0.15, 0.2) is 146 Å². The molecule has 0 unspecified atom stereocenters. The van der Waals surface area contributed by atoms with E-state index in [9.17, 15) is 5.48 Å². The summed E-state index contributed by atoms with van der Waals surface area (Å²) in [6.45, 7) is 4.00. The van der Waals surface area contributed by atoms with Crippen molar-refractivity contribution >= 4 is 29.6 Å². The van der Waals surface area contributed by atoms with Crippen molar-refractivity contribution < 1.29 is 13.7 Å². The van der Waals surface area contributed by atoms with E-state index in [0.29, 0.717) is 44.6 Å². The molecule has 0 saturated carbocycles. The molecule has 0 bridgehead atoms. The van der Waals surface area contributed by atoms with Gasteiger partial charge in [-0.1, -0.05) is 97.8 Å². The molecule has 0 amide bonds. The van der Waals surface area contributed by atoms with Gasteiger partial charge in [-0.25, -0.2) is 9.97 Å². The molecule has 4 aromatic heterocycles. The average Bonchev–Trinajstić information content (AvgIpc) is 3.41. The minimum atomic E-state index is -3.29. The number of hydrogen-bond acceptors (Lipinski definition) is 4. The number of benzene rings is 2. The van der Waals surface area contributed by atoms with Crippen molar-refractivity contribution in [3.8, 4) is 22.8 Å². The van der Waals surface area contributed by atoms with E-state index in [1.54, 1.807) is 60.9 Å². The van der Waals surface area contributed by atoms with Crippen molar-refractivity contribution in [2.75, 3.05) is 0 Å². The summed E-state index contributed by atoms with van der Waals surface area (Å²) in [5, 5.41) is 1.08. The van der Waals surface area contributed by atoms with Gasteiger partial charge < -0.3 is 0 Å². The lowest BCUT2D eigenvalue weighted by molar-refractivity contribution is 1.22. The summed E-state index contributed by atoms with van der Waals surface area (Å²) in [5.41, 5.74) is 3.00. The molecule has 0 radical (unpaired) electrons. The highest BCUT2D eigenvalue weighted by Gasteiger charge is 2.45. The third-order valence-corrected chi connectivity index (χ3v) is 10.9. The van der Waals surface area contributed by atoms with Crippen LogP contribution in [0.5, 0.6) is 0 Å². The molecule has 4 nitrogen and oxygen atoms in total. The highest BCUT2D eigenvalue weighted by atomic mass is 28.3. The minimum absolute atomic E-state index is 0.142. The van der Waals surface area contributed by atoms with Crippen LogP contribution in [0, 0.1) is 0 Å². The second kappa shape index (κ2) is 11.2. The van der Waals surface area contributed by atoms with E-state index >= 15 is 0 Å². The molecule has 6 aromatic rings. The quantitative estimate of drug-likeness (QED) is 0.185. The zero-order valence-corrected chi connectivity index (χ0v) is 24.4. The van der Waals surface area contributed by atoms with Gasteiger partial charge in [-0.15, -0.1) is 0 Å². The summed E-state index contributed by atoms with van der Waals surface area (Å²) in [4.78, 5) is 19.0. The highest BCUT2D eigenvalue weighted by Crippen LogP contribution is 2.55. The number of pyridine rings is 4. The van der Waals surface area contributed by atoms with Crippen molar-refractivity contribution in [1.82, 2.24) is 19.9 Å². The van der Waals surface area contributed by atoms with E-state index in [-0.39, 0.29) is 22.3 Å². The molecule has 1 aliphatic rings. The second-order valence-corrected chi connectivity index (χ2v) is 14.6. The highest BCUT2D eigenvalue weighted by molar-refractivity contribution is 7.13. The maximum absolute atomic E-state index is 9.19. The van der Waals surface area contributed by atoms with E-state index in [4.69, 9.17) is 18.2 Å². The predicted octanol–water partition coefficient (Wildman–Crippen LogP) is 8.92. The van der Waals surface area contributed by atoms with Crippen molar-refractivity contribution in [2.45, 2.75) is 13.1 Å². The number of aromatic nitrogens is 4. The van der Waals surface area contributed by atoms with E-state index < -0.39 is 68.5 Å². The lowest BCUT2D eigenvalue weighted by Gasteiger charge is -2.25. The monoisotopic (exact) mass is 580 g/mol. The SMILES string of the molecule is [2H]c1c([2H])c([2H])c(C2=C(c3cccc(-c4ccccn4)n3)[Si](C)(C)C(c3cccc(-c4ccccn4)n3)=C2c2c([2H])c([2H])c([2H])c([2H])c2[2H])c([2H])c1[2H]. The van der Waals surface area contributed by atoms with Gasteiger partial charge in [0.15, 0.2) is 0 Å². The number of allylic oxidation sites excluding steroid dienone is 2. The van der Waals surface area contributed by atoms with Crippen molar-refractivity contribution in [2.24, 2.45) is 0 Å². The van der Waals surface area contributed by atoms with Gasteiger partial charge in [0, 0.05) is 12.4 Å². The molecule has 0 fully saturated rings. The fourth-order valence-corrected chi connectivity index (χ4v) is 9.17. The largest absolute Gasteiger partial charge is 0.255 e. The third-order valence-electron chi connectivity index (χ3n) is 7.37. The molecular weight excluding hydrogens is 541 g/mol. The van der Waals surface area contributed by atoms with Crippen LogP contribution in [0.2, 0.25) is 13.1 Å². The fraction of sp³-hybridized carbons (Fsp3) is 0.0526. The van der Waals surface area contributed by atoms with Gasteiger partial charge in [-0.05, 0) is 81.2 Å². The Hall–Kier alpha value is -5.26. The maximum Gasteiger partial charge on any atom is 0.119 e. The molecule has 5 heteroatoms. The van der Waals surface area contributed by atoms with Crippen molar-refractivity contribution in [1.29, 1.82) is 0 Å². The van der Waals surface area contributed by atoms with Gasteiger partial charge in [0.25, 0.3) is 0 Å². The van der Waals surface area contributed by atoms with E-state index in [2.05, 4.69) is 9.97 Å². The number of rotatable bonds is 6. The zero-order chi connectivity index (χ0) is 37.9. The van der Waals surface area contributed by atoms with Gasteiger partial charge >= 0.3 is 0 Å². The summed E-state index contributed by atoms with van der Waals surface area (Å²) in [7, 11) is -3.29. The Morgan fingerprint density at radius 1 is 0.465 bits per heavy atom. The standard InChI is InChI=1S/C38H30N4Si/c1-43(2)37(33-23-13-21-31(41-33)29-19-9-11-25-39-29)35(27-15-5-3-6-16-27)36(28-17-7-4-8-18-28)38(43)34-24-14-22-32(42-34)30-20-10-12-26-40-30/h3-26H,1-2H3/i3D,4D,5D,6D,7D,8D,15D,16D,17D,18D. The zero-order valence-electron chi connectivity index (χ0n) is 33.4. The fourth-order valence-electron chi connectivity index (χ4n) is 5.61. The van der Waals surface area contributed by atoms with Crippen LogP contribution in [0.1, 0.15) is 36.2 Å². The van der Waals surface area contributed by atoms with E-state index in [0.717, 1.165) is 0 Å². The molecule has 0 aliphatic carbocycles. The summed E-state index contributed by atoms with van der Waals surface area (Å²) in [6, 6.07) is 16.1. The molecule has 206 valence electrons. The van der Waals surface area contributed by atoms with Gasteiger partial charge in [0.2, 0.25) is 0 Å². The molecular formula is C38H30N4Si. The summed E-state index contributed by atoms with van der Waals surface area (Å²) in [6.07, 6.45) is 3.29. The Balaban J connectivity index is 1.70. The molecule has 7 rings (SSSR count). The minimum Gasteiger partial charge on any atom is -0.255 e. The average molecular weight is 581 g/mol. The van der Waals surface area contributed by atoms with Crippen LogP contribution in [0.3, 0.4) is 0 Å². The molecule has 2 aromatic carbocycles. The second-order valence-electron chi connectivity index (χ2n) is 10.4. The third kappa shape index (κ3) is 4.94. The number of nitrogens with zero attached hydrogens (tertiary/aromatic N) is 4. The van der Waals surface area contributed by atoms with E-state index in [1.807, 2.05) is 37.4 Å². The molecule has 0 N–H and O–H groups in total. The van der Waals surface area contributed by atoms with Crippen LogP contribution in [-0.4, -0.2) is 28.0 Å². The molecule has 1 aliphatic heterocycles. The topological polar surface area (TPSA) is 51.6 Å². The lowest BCUT2D eigenvalue weighted by atomic mass is 9.90. The molecule has 0 atom stereocenters. The molecule has 0 spiro atoms. The summed E-state index contributed by atoms with van der Waals surface area (Å²) in [5.74, 6) is 0. The summed E-state index contributed by atoms with van der Waals surface area (Å²) >= 11 is 0. The van der Waals surface area contributed by atoms with Gasteiger partial charge in [-0.2, -0.15) is 0 Å². The van der Waals surface area contributed by atoms with Crippen LogP contribution in [0.25, 0.3) is 44.3 Å². The first kappa shape index (κ1) is 17.6. The van der Waals surface area contributed by atoms with Gasteiger partial charge in [0.05, 0.1) is 47.9 Å². The molecule has 5 heterocycles. The van der Waals surface area contributed by atoms with E-state index in [1.165, 1.54) is 0 Å². The lowest BCUT2D eigenvalue weighted by Crippen LogP contribution is -2.29. The Morgan fingerprint density at radius 2 is 0.860 bits per heavy atom. The Morgan fingerprint density at radius 3 is 1.26 bits per heavy atom. The summed E-state index contributed by atoms with van der Waals surface area (Å²) < 4.78 is 88.2. The first-order valence-corrected chi connectivity index (χ1v) is 16.7. The molecule has 43 heavy (non-hydrogen) atoms. The number of hydrogen-bond donors (Lipinski definition) is 0. The Bertz CT molecular complexity index is 2310. The predicted molar refractivity (Wildman–Crippen MR) is 179 cm³/mol. The van der Waals surface area contributed by atoms with Gasteiger partial charge in [-0.3, -0.25) is 9.97 Å². The molecule has 0 saturated heterocycles. The van der Waals surface area contributed by atoms with Crippen LogP contribution in [0.4, 0.5) is 0 Å². The van der Waals surface area contributed by atoms with Crippen molar-refractivity contribution in [3.63, 3.8) is 0 Å². The first-order valence-electron chi connectivity index (χ1n) is 18.7. The van der Waals surface area contributed by atoms with Crippen LogP contribution >= 0.6 is 0 Å². The Labute approximate surface area is 267 Å². The Kier molecular flexibility index (Phi) is 4.59. The smallest absolute Gasteiger partial charge is 0.119 e. The first-order chi connectivity index (χ1) is 25.2. The normalized spacial score (nSPS) is 17.5.